The van der Waals surface area contributed by atoms with Crippen LogP contribution in [0, 0.1) is 12.7 Å². The van der Waals surface area contributed by atoms with Crippen molar-refractivity contribution in [2.75, 3.05) is 38.2 Å². The first-order valence-corrected chi connectivity index (χ1v) is 10.5. The molecule has 0 aliphatic heterocycles. The smallest absolute Gasteiger partial charge is 0.263 e. The Balaban J connectivity index is 0.00000320. The van der Waals surface area contributed by atoms with E-state index < -0.39 is 5.82 Å². The van der Waals surface area contributed by atoms with Crippen LogP contribution in [0.1, 0.15) is 29.8 Å². The molecule has 1 aromatic heterocycles. The zero-order chi connectivity index (χ0) is 21.0. The Morgan fingerprint density at radius 3 is 2.47 bits per heavy atom. The lowest BCUT2D eigenvalue weighted by atomic mass is 10.2. The second kappa shape index (κ2) is 10.7. The molecule has 0 aliphatic rings. The monoisotopic (exact) mass is 451 g/mol. The Morgan fingerprint density at radius 2 is 1.83 bits per heavy atom. The van der Waals surface area contributed by atoms with Crippen LogP contribution in [0.5, 0.6) is 5.75 Å². The summed E-state index contributed by atoms with van der Waals surface area (Å²) in [5, 5.41) is 0.549. The van der Waals surface area contributed by atoms with Crippen LogP contribution in [0.4, 0.5) is 9.52 Å². The largest absolute Gasteiger partial charge is 0.494 e. The minimum atomic E-state index is -0.528. The Hall–Kier alpha value is -2.22. The Kier molecular flexibility index (Phi) is 8.58. The average molecular weight is 452 g/mol. The van der Waals surface area contributed by atoms with Crippen molar-refractivity contribution in [1.82, 2.24) is 9.88 Å². The molecular formula is C22H27ClFN3O2S. The summed E-state index contributed by atoms with van der Waals surface area (Å²) < 4.78 is 20.8. The summed E-state index contributed by atoms with van der Waals surface area (Å²) in [6.07, 6.45) is 0. The number of carbonyl (C=O) groups is 1. The fraction of sp³-hybridized carbons (Fsp3) is 0.364. The van der Waals surface area contributed by atoms with Gasteiger partial charge in [-0.05, 0) is 43.8 Å². The summed E-state index contributed by atoms with van der Waals surface area (Å²) in [7, 11) is 1.60. The first kappa shape index (κ1) is 24.1. The van der Waals surface area contributed by atoms with Gasteiger partial charge in [-0.2, -0.15) is 0 Å². The molecule has 0 aliphatic carbocycles. The summed E-state index contributed by atoms with van der Waals surface area (Å²) in [5.74, 6) is -0.249. The Morgan fingerprint density at radius 1 is 1.13 bits per heavy atom. The molecular weight excluding hydrogens is 425 g/mol. The maximum Gasteiger partial charge on any atom is 0.263 e. The molecule has 0 unspecified atom stereocenters. The Bertz CT molecular complexity index is 1010. The minimum Gasteiger partial charge on any atom is -0.494 e. The van der Waals surface area contributed by atoms with Gasteiger partial charge in [0.05, 0.1) is 17.4 Å². The molecule has 30 heavy (non-hydrogen) atoms. The molecule has 0 fully saturated rings. The normalized spacial score (nSPS) is 10.9. The van der Waals surface area contributed by atoms with Crippen molar-refractivity contribution >= 4 is 45.0 Å². The van der Waals surface area contributed by atoms with Crippen LogP contribution in [-0.4, -0.2) is 49.1 Å². The minimum absolute atomic E-state index is 0. The molecule has 0 N–H and O–H groups in total. The number of methoxy groups -OCH3 is 1. The van der Waals surface area contributed by atoms with Gasteiger partial charge in [-0.15, -0.1) is 12.4 Å². The highest BCUT2D eigenvalue weighted by molar-refractivity contribution is 7.22. The first-order chi connectivity index (χ1) is 14.0. The lowest BCUT2D eigenvalue weighted by molar-refractivity contribution is 0.0980. The van der Waals surface area contributed by atoms with Gasteiger partial charge in [0.25, 0.3) is 5.91 Å². The number of thiazole rings is 1. The molecule has 3 aromatic rings. The van der Waals surface area contributed by atoms with Crippen molar-refractivity contribution in [1.29, 1.82) is 0 Å². The topological polar surface area (TPSA) is 45.7 Å². The van der Waals surface area contributed by atoms with Crippen LogP contribution in [0.3, 0.4) is 0 Å². The number of aromatic nitrogens is 1. The van der Waals surface area contributed by atoms with E-state index in [0.29, 0.717) is 24.0 Å². The summed E-state index contributed by atoms with van der Waals surface area (Å²) in [5.41, 5.74) is 1.84. The fourth-order valence-corrected chi connectivity index (χ4v) is 4.30. The molecule has 8 heteroatoms. The fourth-order valence-electron chi connectivity index (χ4n) is 3.22. The van der Waals surface area contributed by atoms with E-state index in [0.717, 1.165) is 28.9 Å². The van der Waals surface area contributed by atoms with Crippen LogP contribution < -0.4 is 9.64 Å². The molecule has 5 nitrogen and oxygen atoms in total. The lowest BCUT2D eigenvalue weighted by Crippen LogP contribution is -2.39. The van der Waals surface area contributed by atoms with Gasteiger partial charge >= 0.3 is 0 Å². The number of carbonyl (C=O) groups excluding carboxylic acids is 1. The molecule has 1 amide bonds. The van der Waals surface area contributed by atoms with Crippen molar-refractivity contribution in [2.24, 2.45) is 0 Å². The number of anilines is 1. The number of likely N-dealkylation sites (N-methyl/N-ethyl adjacent to an activating group) is 1. The van der Waals surface area contributed by atoms with Crippen LogP contribution in [0.2, 0.25) is 0 Å². The van der Waals surface area contributed by atoms with Crippen LogP contribution in [-0.2, 0) is 0 Å². The number of ether oxygens (including phenoxy) is 1. The van der Waals surface area contributed by atoms with Crippen molar-refractivity contribution in [3.8, 4) is 5.75 Å². The third kappa shape index (κ3) is 4.91. The molecule has 0 saturated heterocycles. The van der Waals surface area contributed by atoms with Crippen molar-refractivity contribution < 1.29 is 13.9 Å². The maximum absolute atomic E-state index is 14.3. The maximum atomic E-state index is 14.3. The highest BCUT2D eigenvalue weighted by Crippen LogP contribution is 2.36. The average Bonchev–Trinajstić information content (AvgIpc) is 3.17. The number of rotatable bonds is 8. The molecule has 2 aromatic carbocycles. The quantitative estimate of drug-likeness (QED) is 0.474. The number of nitrogens with zero attached hydrogens (tertiary/aromatic N) is 3. The second-order valence-electron chi connectivity index (χ2n) is 6.72. The second-order valence-corrected chi connectivity index (χ2v) is 7.70. The van der Waals surface area contributed by atoms with Gasteiger partial charge in [0.15, 0.2) is 5.13 Å². The number of aryl methyl sites for hydroxylation is 1. The van der Waals surface area contributed by atoms with E-state index in [1.54, 1.807) is 24.1 Å². The van der Waals surface area contributed by atoms with Gasteiger partial charge in [0.2, 0.25) is 0 Å². The number of halogens is 2. The number of fused-ring (bicyclic) bond motifs is 1. The molecule has 0 bridgehead atoms. The molecule has 0 radical (unpaired) electrons. The number of benzene rings is 2. The van der Waals surface area contributed by atoms with E-state index in [4.69, 9.17) is 9.72 Å². The lowest BCUT2D eigenvalue weighted by Gasteiger charge is -2.24. The zero-order valence-electron chi connectivity index (χ0n) is 17.6. The Labute approximate surface area is 186 Å². The number of hydrogen-bond acceptors (Lipinski definition) is 5. The third-order valence-electron chi connectivity index (χ3n) is 5.03. The van der Waals surface area contributed by atoms with Gasteiger partial charge in [0, 0.05) is 13.1 Å². The van der Waals surface area contributed by atoms with Gasteiger partial charge in [-0.3, -0.25) is 9.69 Å². The van der Waals surface area contributed by atoms with E-state index in [9.17, 15) is 9.18 Å². The van der Waals surface area contributed by atoms with E-state index in [1.165, 1.54) is 23.5 Å². The summed E-state index contributed by atoms with van der Waals surface area (Å²) in [6.45, 7) is 9.03. The van der Waals surface area contributed by atoms with Crippen LogP contribution in [0.25, 0.3) is 10.2 Å². The molecule has 0 spiro atoms. The predicted molar refractivity (Wildman–Crippen MR) is 124 cm³/mol. The highest BCUT2D eigenvalue weighted by atomic mass is 35.5. The van der Waals surface area contributed by atoms with Crippen LogP contribution in [0.15, 0.2) is 36.4 Å². The number of hydrogen-bond donors (Lipinski definition) is 0. The summed E-state index contributed by atoms with van der Waals surface area (Å²) >= 11 is 1.43. The van der Waals surface area contributed by atoms with Gasteiger partial charge < -0.3 is 9.64 Å². The number of amides is 1. The van der Waals surface area contributed by atoms with Crippen molar-refractivity contribution in [3.63, 3.8) is 0 Å². The zero-order valence-corrected chi connectivity index (χ0v) is 19.3. The molecule has 1 heterocycles. The van der Waals surface area contributed by atoms with Gasteiger partial charge in [-0.1, -0.05) is 43.4 Å². The van der Waals surface area contributed by atoms with E-state index in [-0.39, 0.29) is 23.9 Å². The van der Waals surface area contributed by atoms with E-state index >= 15 is 0 Å². The molecule has 0 atom stereocenters. The third-order valence-corrected chi connectivity index (χ3v) is 6.24. The van der Waals surface area contributed by atoms with Gasteiger partial charge in [-0.25, -0.2) is 9.37 Å². The summed E-state index contributed by atoms with van der Waals surface area (Å²) in [4.78, 5) is 21.8. The van der Waals surface area contributed by atoms with Gasteiger partial charge in [0.1, 0.15) is 17.1 Å². The molecule has 0 saturated carbocycles. The van der Waals surface area contributed by atoms with Crippen molar-refractivity contribution in [2.45, 2.75) is 20.8 Å². The molecule has 3 rings (SSSR count). The SMILES string of the molecule is CCN(CC)CCN(C(=O)c1ccccc1F)c1nc2c(OC)ccc(C)c2s1.Cl. The van der Waals surface area contributed by atoms with Crippen molar-refractivity contribution in [3.05, 3.63) is 53.3 Å². The van der Waals surface area contributed by atoms with E-state index in [1.807, 2.05) is 19.1 Å². The van der Waals surface area contributed by atoms with E-state index in [2.05, 4.69) is 18.7 Å². The summed E-state index contributed by atoms with van der Waals surface area (Å²) in [6, 6.07) is 9.92. The standard InChI is InChI=1S/C22H26FN3O2S.ClH/c1-5-25(6-2)13-14-26(21(27)16-9-7-8-10-17(16)23)22-24-19-18(28-4)12-11-15(3)20(19)29-22;/h7-12H,5-6,13-14H2,1-4H3;1H. The predicted octanol–water partition coefficient (Wildman–Crippen LogP) is 5.16. The first-order valence-electron chi connectivity index (χ1n) is 9.73. The highest BCUT2D eigenvalue weighted by Gasteiger charge is 2.25. The van der Waals surface area contributed by atoms with Crippen LogP contribution >= 0.6 is 23.7 Å². The molecule has 162 valence electrons.